The molecule has 0 aliphatic heterocycles. The molecule has 0 atom stereocenters. The number of alkyl carbamates (subject to hydrolysis) is 1. The maximum absolute atomic E-state index is 11.9. The monoisotopic (exact) mass is 336 g/mol. The second-order valence-electron chi connectivity index (χ2n) is 7.88. The number of carbonyl (C=O) groups excluding carboxylic acids is 1. The van der Waals surface area contributed by atoms with Crippen molar-refractivity contribution in [2.45, 2.75) is 72.1 Å². The van der Waals surface area contributed by atoms with Crippen molar-refractivity contribution in [3.63, 3.8) is 0 Å². The molecule has 1 aromatic carbocycles. The maximum Gasteiger partial charge on any atom is 0.408 e. The molecule has 0 aliphatic carbocycles. The van der Waals surface area contributed by atoms with Crippen LogP contribution in [0.5, 0.6) is 5.75 Å². The van der Waals surface area contributed by atoms with Crippen LogP contribution in [0.15, 0.2) is 24.3 Å². The normalized spacial score (nSPS) is 12.0. The number of nitrogens with one attached hydrogen (secondary N) is 2. The largest absolute Gasteiger partial charge is 0.491 e. The minimum atomic E-state index is -0.488. The van der Waals surface area contributed by atoms with Gasteiger partial charge < -0.3 is 20.1 Å². The molecule has 0 bridgehead atoms. The zero-order valence-electron chi connectivity index (χ0n) is 16.0. The second kappa shape index (κ2) is 8.27. The lowest BCUT2D eigenvalue weighted by Crippen LogP contribution is -2.46. The molecule has 1 aromatic rings. The average Bonchev–Trinajstić information content (AvgIpc) is 2.36. The number of ether oxygens (including phenoxy) is 2. The van der Waals surface area contributed by atoms with Crippen molar-refractivity contribution < 1.29 is 14.3 Å². The lowest BCUT2D eigenvalue weighted by molar-refractivity contribution is 0.0470. The number of anilines is 1. The third-order valence-electron chi connectivity index (χ3n) is 3.14. The number of amides is 1. The Morgan fingerprint density at radius 1 is 1.08 bits per heavy atom. The van der Waals surface area contributed by atoms with Gasteiger partial charge >= 0.3 is 6.09 Å². The third kappa shape index (κ3) is 8.65. The Kier molecular flexibility index (Phi) is 6.93. The van der Waals surface area contributed by atoms with Crippen molar-refractivity contribution in [1.29, 1.82) is 0 Å². The standard InChI is InChI=1S/C19H32N2O3/c1-14(2)23-16-10-8-15(9-11-16)20-13-12-19(6,7)21-17(22)24-18(3,4)5/h8-11,14,20H,12-13H2,1-7H3,(H,21,22). The van der Waals surface area contributed by atoms with Crippen LogP contribution < -0.4 is 15.4 Å². The molecule has 1 rings (SSSR count). The summed E-state index contributed by atoms with van der Waals surface area (Å²) in [6.07, 6.45) is 0.558. The summed E-state index contributed by atoms with van der Waals surface area (Å²) in [5, 5.41) is 6.26. The quantitative estimate of drug-likeness (QED) is 0.765. The summed E-state index contributed by atoms with van der Waals surface area (Å²) in [4.78, 5) is 11.9. The predicted octanol–water partition coefficient (Wildman–Crippen LogP) is 4.58. The van der Waals surface area contributed by atoms with E-state index in [1.165, 1.54) is 0 Å². The van der Waals surface area contributed by atoms with Gasteiger partial charge in [0.05, 0.1) is 6.10 Å². The fourth-order valence-electron chi connectivity index (χ4n) is 2.09. The highest BCUT2D eigenvalue weighted by molar-refractivity contribution is 5.68. The first-order chi connectivity index (χ1) is 11.0. The number of rotatable bonds is 7. The van der Waals surface area contributed by atoms with E-state index >= 15 is 0 Å². The first kappa shape index (κ1) is 20.1. The number of benzene rings is 1. The van der Waals surface area contributed by atoms with Gasteiger partial charge in [-0.3, -0.25) is 0 Å². The van der Waals surface area contributed by atoms with Crippen LogP contribution in [-0.2, 0) is 4.74 Å². The Balaban J connectivity index is 2.41. The summed E-state index contributed by atoms with van der Waals surface area (Å²) in [7, 11) is 0. The smallest absolute Gasteiger partial charge is 0.408 e. The molecule has 0 aromatic heterocycles. The van der Waals surface area contributed by atoms with Crippen molar-refractivity contribution in [2.24, 2.45) is 0 Å². The van der Waals surface area contributed by atoms with E-state index in [9.17, 15) is 4.79 Å². The first-order valence-corrected chi connectivity index (χ1v) is 8.49. The lowest BCUT2D eigenvalue weighted by Gasteiger charge is -2.28. The first-order valence-electron chi connectivity index (χ1n) is 8.49. The molecular weight excluding hydrogens is 304 g/mol. The van der Waals surface area contributed by atoms with E-state index < -0.39 is 5.60 Å². The Labute approximate surface area is 146 Å². The van der Waals surface area contributed by atoms with Crippen molar-refractivity contribution in [1.82, 2.24) is 5.32 Å². The van der Waals surface area contributed by atoms with Crippen molar-refractivity contribution in [2.75, 3.05) is 11.9 Å². The number of hydrogen-bond donors (Lipinski definition) is 2. The molecule has 0 spiro atoms. The molecule has 0 fully saturated rings. The van der Waals surface area contributed by atoms with E-state index in [1.54, 1.807) is 0 Å². The Morgan fingerprint density at radius 2 is 1.67 bits per heavy atom. The molecular formula is C19H32N2O3. The lowest BCUT2D eigenvalue weighted by atomic mass is 10.0. The van der Waals surface area contributed by atoms with Crippen LogP contribution in [0.2, 0.25) is 0 Å². The van der Waals surface area contributed by atoms with Crippen molar-refractivity contribution in [3.8, 4) is 5.75 Å². The zero-order valence-corrected chi connectivity index (χ0v) is 16.0. The summed E-state index contributed by atoms with van der Waals surface area (Å²) in [6, 6.07) is 7.89. The molecule has 0 saturated heterocycles. The SMILES string of the molecule is CC(C)Oc1ccc(NCCC(C)(C)NC(=O)OC(C)(C)C)cc1. The minimum absolute atomic E-state index is 0.170. The molecule has 5 heteroatoms. The molecule has 136 valence electrons. The molecule has 0 unspecified atom stereocenters. The fraction of sp³-hybridized carbons (Fsp3) is 0.632. The van der Waals surface area contributed by atoms with Gasteiger partial charge in [0.1, 0.15) is 11.4 Å². The molecule has 2 N–H and O–H groups in total. The van der Waals surface area contributed by atoms with Gasteiger partial charge in [0, 0.05) is 17.8 Å². The van der Waals surface area contributed by atoms with E-state index in [4.69, 9.17) is 9.47 Å². The van der Waals surface area contributed by atoms with Crippen LogP contribution in [0, 0.1) is 0 Å². The molecule has 0 aliphatic rings. The Bertz CT molecular complexity index is 516. The Hall–Kier alpha value is -1.91. The van der Waals surface area contributed by atoms with Gasteiger partial charge in [0.2, 0.25) is 0 Å². The topological polar surface area (TPSA) is 59.6 Å². The third-order valence-corrected chi connectivity index (χ3v) is 3.14. The van der Waals surface area contributed by atoms with E-state index in [2.05, 4.69) is 10.6 Å². The van der Waals surface area contributed by atoms with Crippen LogP contribution in [0.3, 0.4) is 0 Å². The van der Waals surface area contributed by atoms with E-state index in [0.29, 0.717) is 0 Å². The average molecular weight is 336 g/mol. The van der Waals surface area contributed by atoms with Crippen molar-refractivity contribution in [3.05, 3.63) is 24.3 Å². The van der Waals surface area contributed by atoms with Gasteiger partial charge in [0.25, 0.3) is 0 Å². The molecule has 5 nitrogen and oxygen atoms in total. The van der Waals surface area contributed by atoms with Gasteiger partial charge in [-0.05, 0) is 79.2 Å². The molecule has 24 heavy (non-hydrogen) atoms. The summed E-state index contributed by atoms with van der Waals surface area (Å²) in [5.41, 5.74) is 0.188. The van der Waals surface area contributed by atoms with Gasteiger partial charge in [-0.1, -0.05) is 0 Å². The summed E-state index contributed by atoms with van der Waals surface area (Å²) < 4.78 is 10.9. The number of carbonyl (C=O) groups is 1. The fourth-order valence-corrected chi connectivity index (χ4v) is 2.09. The van der Waals surface area contributed by atoms with Crippen LogP contribution in [0.25, 0.3) is 0 Å². The maximum atomic E-state index is 11.9. The number of hydrogen-bond acceptors (Lipinski definition) is 4. The summed E-state index contributed by atoms with van der Waals surface area (Å²) >= 11 is 0. The zero-order chi connectivity index (χ0) is 18.4. The second-order valence-corrected chi connectivity index (χ2v) is 7.88. The molecule has 0 radical (unpaired) electrons. The molecule has 0 heterocycles. The summed E-state index contributed by atoms with van der Waals surface area (Å²) in [5.74, 6) is 0.863. The van der Waals surface area contributed by atoms with E-state index in [0.717, 1.165) is 24.4 Å². The highest BCUT2D eigenvalue weighted by Gasteiger charge is 2.24. The highest BCUT2D eigenvalue weighted by Crippen LogP contribution is 2.18. The van der Waals surface area contributed by atoms with Gasteiger partial charge in [-0.25, -0.2) is 4.79 Å². The predicted molar refractivity (Wildman–Crippen MR) is 98.8 cm³/mol. The highest BCUT2D eigenvalue weighted by atomic mass is 16.6. The Morgan fingerprint density at radius 3 is 2.17 bits per heavy atom. The van der Waals surface area contributed by atoms with Gasteiger partial charge in [-0.15, -0.1) is 0 Å². The van der Waals surface area contributed by atoms with E-state index in [-0.39, 0.29) is 17.7 Å². The van der Waals surface area contributed by atoms with E-state index in [1.807, 2.05) is 72.7 Å². The molecule has 0 saturated carbocycles. The van der Waals surface area contributed by atoms with Crippen LogP contribution in [0.1, 0.15) is 54.9 Å². The minimum Gasteiger partial charge on any atom is -0.491 e. The molecule has 1 amide bonds. The van der Waals surface area contributed by atoms with Crippen molar-refractivity contribution >= 4 is 11.8 Å². The van der Waals surface area contributed by atoms with Gasteiger partial charge in [-0.2, -0.15) is 0 Å². The van der Waals surface area contributed by atoms with Crippen LogP contribution in [-0.4, -0.2) is 29.9 Å². The van der Waals surface area contributed by atoms with Crippen LogP contribution >= 0.6 is 0 Å². The van der Waals surface area contributed by atoms with Crippen LogP contribution in [0.4, 0.5) is 10.5 Å². The van der Waals surface area contributed by atoms with Gasteiger partial charge in [0.15, 0.2) is 0 Å². The summed E-state index contributed by atoms with van der Waals surface area (Å²) in [6.45, 7) is 14.3.